The summed E-state index contributed by atoms with van der Waals surface area (Å²) in [5.74, 6) is -0.975. The lowest BCUT2D eigenvalue weighted by atomic mass is 10.1. The van der Waals surface area contributed by atoms with Crippen molar-refractivity contribution in [3.63, 3.8) is 0 Å². The highest BCUT2D eigenvalue weighted by atomic mass is 35.5. The van der Waals surface area contributed by atoms with Gasteiger partial charge in [0.15, 0.2) is 0 Å². The molecule has 2 aromatic carbocycles. The molecule has 0 amide bonds. The Morgan fingerprint density at radius 2 is 1.91 bits per heavy atom. The monoisotopic (exact) mass is 506 g/mol. The number of carbonyl (C=O) groups is 1. The van der Waals surface area contributed by atoms with Crippen molar-refractivity contribution in [1.29, 1.82) is 0 Å². The average Bonchev–Trinajstić information content (AvgIpc) is 3.17. The van der Waals surface area contributed by atoms with Crippen LogP contribution in [-0.2, 0) is 24.5 Å². The van der Waals surface area contributed by atoms with E-state index in [1.165, 1.54) is 6.07 Å². The van der Waals surface area contributed by atoms with Gasteiger partial charge in [0.25, 0.3) is 5.56 Å². The lowest BCUT2D eigenvalue weighted by Crippen LogP contribution is -2.42. The summed E-state index contributed by atoms with van der Waals surface area (Å²) in [6.07, 6.45) is -2.09. The van der Waals surface area contributed by atoms with E-state index >= 15 is 0 Å². The van der Waals surface area contributed by atoms with Crippen LogP contribution in [0.5, 0.6) is 0 Å². The Labute approximate surface area is 200 Å². The lowest BCUT2D eigenvalue weighted by molar-refractivity contribution is -0.137. The van der Waals surface area contributed by atoms with Crippen LogP contribution in [-0.4, -0.2) is 31.3 Å². The van der Waals surface area contributed by atoms with Gasteiger partial charge in [-0.15, -0.1) is 0 Å². The van der Waals surface area contributed by atoms with E-state index in [9.17, 15) is 27.6 Å². The van der Waals surface area contributed by atoms with E-state index in [0.717, 1.165) is 22.9 Å². The molecule has 12 heteroatoms. The van der Waals surface area contributed by atoms with Crippen LogP contribution in [0.2, 0.25) is 5.02 Å². The number of nitrogens with zero attached hydrogens (tertiary/aromatic N) is 4. The van der Waals surface area contributed by atoms with Gasteiger partial charge in [0.2, 0.25) is 0 Å². The maximum absolute atomic E-state index is 13.4. The SMILES string of the molecule is CCOC(=O)c1cn(-c2ccc3ncn(C)c3c2)c(=O)n(Cc2cccc(C(F)(F)F)c2Cl)c1=O. The second kappa shape index (κ2) is 9.06. The fourth-order valence-electron chi connectivity index (χ4n) is 3.63. The van der Waals surface area contributed by atoms with Crippen molar-refractivity contribution in [2.45, 2.75) is 19.6 Å². The second-order valence-corrected chi connectivity index (χ2v) is 7.99. The maximum Gasteiger partial charge on any atom is 0.417 e. The Kier molecular flexibility index (Phi) is 6.28. The topological polar surface area (TPSA) is 88.1 Å². The molecule has 0 spiro atoms. The Morgan fingerprint density at radius 3 is 2.60 bits per heavy atom. The minimum absolute atomic E-state index is 0.0299. The Morgan fingerprint density at radius 1 is 1.17 bits per heavy atom. The molecule has 4 rings (SSSR count). The predicted molar refractivity (Wildman–Crippen MR) is 122 cm³/mol. The first-order valence-corrected chi connectivity index (χ1v) is 10.7. The summed E-state index contributed by atoms with van der Waals surface area (Å²) in [6, 6.07) is 8.04. The number of aryl methyl sites for hydroxylation is 1. The van der Waals surface area contributed by atoms with Crippen molar-refractivity contribution in [3.8, 4) is 5.69 Å². The number of imidazole rings is 1. The number of ether oxygens (including phenoxy) is 1. The minimum Gasteiger partial charge on any atom is -0.462 e. The molecule has 0 aliphatic carbocycles. The molecule has 0 atom stereocenters. The fourth-order valence-corrected chi connectivity index (χ4v) is 3.92. The smallest absolute Gasteiger partial charge is 0.417 e. The zero-order valence-corrected chi connectivity index (χ0v) is 19.2. The Hall–Kier alpha value is -3.86. The van der Waals surface area contributed by atoms with Gasteiger partial charge in [-0.05, 0) is 36.8 Å². The standard InChI is InChI=1S/C23H18ClF3N4O4/c1-3-35-21(33)15-11-30(14-7-8-17-18(9-14)29(2)12-28-17)22(34)31(20(15)32)10-13-5-4-6-16(19(13)24)23(25,26)27/h4-9,11-12H,3,10H2,1-2H3. The van der Waals surface area contributed by atoms with Crippen LogP contribution in [0.25, 0.3) is 16.7 Å². The maximum atomic E-state index is 13.4. The molecule has 0 saturated carbocycles. The highest BCUT2D eigenvalue weighted by Gasteiger charge is 2.34. The first-order valence-electron chi connectivity index (χ1n) is 10.3. The number of hydrogen-bond acceptors (Lipinski definition) is 5. The highest BCUT2D eigenvalue weighted by Crippen LogP contribution is 2.36. The van der Waals surface area contributed by atoms with Gasteiger partial charge < -0.3 is 9.30 Å². The van der Waals surface area contributed by atoms with Gasteiger partial charge in [-0.2, -0.15) is 13.2 Å². The zero-order chi connectivity index (χ0) is 25.5. The molecule has 0 saturated heterocycles. The summed E-state index contributed by atoms with van der Waals surface area (Å²) in [6.45, 7) is 0.921. The molecule has 2 heterocycles. The summed E-state index contributed by atoms with van der Waals surface area (Å²) < 4.78 is 48.3. The average molecular weight is 507 g/mol. The summed E-state index contributed by atoms with van der Waals surface area (Å²) in [5, 5.41) is -0.643. The van der Waals surface area contributed by atoms with Crippen LogP contribution < -0.4 is 11.2 Å². The van der Waals surface area contributed by atoms with Crippen LogP contribution in [0, 0.1) is 0 Å². The van der Waals surface area contributed by atoms with Crippen molar-refractivity contribution in [3.05, 3.63) is 91.5 Å². The second-order valence-electron chi connectivity index (χ2n) is 7.61. The summed E-state index contributed by atoms with van der Waals surface area (Å²) in [7, 11) is 1.75. The van der Waals surface area contributed by atoms with E-state index in [1.807, 2.05) is 0 Å². The third-order valence-electron chi connectivity index (χ3n) is 5.37. The van der Waals surface area contributed by atoms with Gasteiger partial charge in [0.1, 0.15) is 5.56 Å². The number of benzene rings is 2. The van der Waals surface area contributed by atoms with Gasteiger partial charge in [-0.3, -0.25) is 13.9 Å². The van der Waals surface area contributed by atoms with Crippen molar-refractivity contribution in [1.82, 2.24) is 18.7 Å². The van der Waals surface area contributed by atoms with Crippen molar-refractivity contribution < 1.29 is 22.7 Å². The van der Waals surface area contributed by atoms with Gasteiger partial charge >= 0.3 is 17.8 Å². The zero-order valence-electron chi connectivity index (χ0n) is 18.5. The number of hydrogen-bond donors (Lipinski definition) is 0. The Balaban J connectivity index is 1.94. The lowest BCUT2D eigenvalue weighted by Gasteiger charge is -2.15. The molecular formula is C23H18ClF3N4O4. The van der Waals surface area contributed by atoms with E-state index in [0.29, 0.717) is 21.3 Å². The molecule has 182 valence electrons. The number of esters is 1. The minimum atomic E-state index is -4.73. The van der Waals surface area contributed by atoms with E-state index in [4.69, 9.17) is 16.3 Å². The number of aromatic nitrogens is 4. The van der Waals surface area contributed by atoms with Crippen molar-refractivity contribution in [2.75, 3.05) is 6.61 Å². The quantitative estimate of drug-likeness (QED) is 0.384. The van der Waals surface area contributed by atoms with Gasteiger partial charge in [-0.25, -0.2) is 14.6 Å². The van der Waals surface area contributed by atoms with Crippen molar-refractivity contribution >= 4 is 28.6 Å². The largest absolute Gasteiger partial charge is 0.462 e. The van der Waals surface area contributed by atoms with E-state index < -0.39 is 46.1 Å². The molecule has 0 aliphatic heterocycles. The highest BCUT2D eigenvalue weighted by molar-refractivity contribution is 6.32. The van der Waals surface area contributed by atoms with Crippen LogP contribution in [0.4, 0.5) is 13.2 Å². The molecule has 0 fully saturated rings. The fraction of sp³-hybridized carbons (Fsp3) is 0.217. The van der Waals surface area contributed by atoms with E-state index in [-0.39, 0.29) is 12.2 Å². The van der Waals surface area contributed by atoms with Crippen LogP contribution in [0.3, 0.4) is 0 Å². The molecule has 0 unspecified atom stereocenters. The van der Waals surface area contributed by atoms with Crippen LogP contribution in [0.1, 0.15) is 28.4 Å². The Bertz CT molecular complexity index is 1570. The first kappa shape index (κ1) is 24.3. The van der Waals surface area contributed by atoms with Crippen molar-refractivity contribution in [2.24, 2.45) is 7.05 Å². The van der Waals surface area contributed by atoms with Crippen LogP contribution >= 0.6 is 11.6 Å². The number of alkyl halides is 3. The molecule has 8 nitrogen and oxygen atoms in total. The van der Waals surface area contributed by atoms with Crippen LogP contribution in [0.15, 0.2) is 58.5 Å². The molecule has 0 N–H and O–H groups in total. The third kappa shape index (κ3) is 4.46. The molecule has 0 aliphatic rings. The molecule has 0 bridgehead atoms. The third-order valence-corrected chi connectivity index (χ3v) is 5.81. The molecule has 2 aromatic heterocycles. The van der Waals surface area contributed by atoms with Gasteiger partial charge in [0, 0.05) is 13.2 Å². The molecule has 35 heavy (non-hydrogen) atoms. The summed E-state index contributed by atoms with van der Waals surface area (Å²) in [4.78, 5) is 43.2. The normalized spacial score (nSPS) is 11.7. The summed E-state index contributed by atoms with van der Waals surface area (Å²) >= 11 is 5.98. The van der Waals surface area contributed by atoms with Gasteiger partial charge in [-0.1, -0.05) is 23.7 Å². The van der Waals surface area contributed by atoms with Gasteiger partial charge in [0.05, 0.1) is 46.8 Å². The molecular weight excluding hydrogens is 489 g/mol. The predicted octanol–water partition coefficient (Wildman–Crippen LogP) is 3.78. The van der Waals surface area contributed by atoms with E-state index in [2.05, 4.69) is 4.98 Å². The summed E-state index contributed by atoms with van der Waals surface area (Å²) in [5.41, 5.74) is -1.94. The van der Waals surface area contributed by atoms with E-state index in [1.54, 1.807) is 43.1 Å². The molecule has 0 radical (unpaired) electrons. The first-order chi connectivity index (χ1) is 16.5. The number of halogens is 4. The number of rotatable bonds is 5. The number of fused-ring (bicyclic) bond motifs is 1. The molecule has 4 aromatic rings. The number of carbonyl (C=O) groups excluding carboxylic acids is 1.